The van der Waals surface area contributed by atoms with Crippen LogP contribution in [0, 0.1) is 5.92 Å². The maximum absolute atomic E-state index is 5.45. The second kappa shape index (κ2) is 9.48. The Bertz CT molecular complexity index is 428. The van der Waals surface area contributed by atoms with Crippen LogP contribution in [0.3, 0.4) is 0 Å². The maximum atomic E-state index is 5.45. The second-order valence-electron chi connectivity index (χ2n) is 5.56. The SMILES string of the molecule is COCCN=C(NCCc1ccco1)N(C)CC1CCOC1. The fourth-order valence-corrected chi connectivity index (χ4v) is 2.51. The molecular weight excluding hydrogens is 282 g/mol. The lowest BCUT2D eigenvalue weighted by Crippen LogP contribution is -2.42. The van der Waals surface area contributed by atoms with Crippen molar-refractivity contribution < 1.29 is 13.9 Å². The Kier molecular flexibility index (Phi) is 7.25. The predicted molar refractivity (Wildman–Crippen MR) is 86.1 cm³/mol. The van der Waals surface area contributed by atoms with Gasteiger partial charge < -0.3 is 24.1 Å². The summed E-state index contributed by atoms with van der Waals surface area (Å²) >= 11 is 0. The fourth-order valence-electron chi connectivity index (χ4n) is 2.51. The topological polar surface area (TPSA) is 59.2 Å². The second-order valence-corrected chi connectivity index (χ2v) is 5.56. The van der Waals surface area contributed by atoms with E-state index in [1.54, 1.807) is 13.4 Å². The first-order chi connectivity index (χ1) is 10.8. The van der Waals surface area contributed by atoms with Crippen molar-refractivity contribution in [2.75, 3.05) is 53.6 Å². The Morgan fingerprint density at radius 3 is 3.14 bits per heavy atom. The molecule has 1 fully saturated rings. The van der Waals surface area contributed by atoms with Crippen molar-refractivity contribution >= 4 is 5.96 Å². The van der Waals surface area contributed by atoms with Crippen LogP contribution in [-0.4, -0.2) is 64.5 Å². The first-order valence-electron chi connectivity index (χ1n) is 7.88. The number of nitrogens with one attached hydrogen (secondary N) is 1. The maximum Gasteiger partial charge on any atom is 0.193 e. The molecule has 1 N–H and O–H groups in total. The molecule has 22 heavy (non-hydrogen) atoms. The van der Waals surface area contributed by atoms with Crippen LogP contribution >= 0.6 is 0 Å². The number of methoxy groups -OCH3 is 1. The van der Waals surface area contributed by atoms with Crippen molar-refractivity contribution in [3.63, 3.8) is 0 Å². The third-order valence-corrected chi connectivity index (χ3v) is 3.71. The van der Waals surface area contributed by atoms with Crippen molar-refractivity contribution in [1.29, 1.82) is 0 Å². The Balaban J connectivity index is 1.82. The molecule has 1 saturated heterocycles. The third kappa shape index (κ3) is 5.69. The minimum atomic E-state index is 0.587. The molecule has 0 radical (unpaired) electrons. The van der Waals surface area contributed by atoms with Crippen molar-refractivity contribution in [3.8, 4) is 0 Å². The normalized spacial score (nSPS) is 18.6. The van der Waals surface area contributed by atoms with Gasteiger partial charge in [-0.2, -0.15) is 0 Å². The molecule has 0 amide bonds. The molecule has 6 heteroatoms. The summed E-state index contributed by atoms with van der Waals surface area (Å²) in [6.07, 6.45) is 3.67. The highest BCUT2D eigenvalue weighted by molar-refractivity contribution is 5.79. The molecule has 1 unspecified atom stereocenters. The number of furan rings is 1. The van der Waals surface area contributed by atoms with Crippen molar-refractivity contribution in [3.05, 3.63) is 24.2 Å². The summed E-state index contributed by atoms with van der Waals surface area (Å²) in [6.45, 7) is 4.77. The van der Waals surface area contributed by atoms with Crippen molar-refractivity contribution in [1.82, 2.24) is 10.2 Å². The van der Waals surface area contributed by atoms with Gasteiger partial charge in [0.05, 0.1) is 26.0 Å². The zero-order valence-electron chi connectivity index (χ0n) is 13.6. The Labute approximate surface area is 132 Å². The van der Waals surface area contributed by atoms with Gasteiger partial charge in [-0.3, -0.25) is 4.99 Å². The quantitative estimate of drug-likeness (QED) is 0.447. The summed E-state index contributed by atoms with van der Waals surface area (Å²) < 4.78 is 15.9. The molecule has 6 nitrogen and oxygen atoms in total. The Morgan fingerprint density at radius 2 is 2.45 bits per heavy atom. The van der Waals surface area contributed by atoms with Crippen molar-refractivity contribution in [2.24, 2.45) is 10.9 Å². The fraction of sp³-hybridized carbons (Fsp3) is 0.688. The predicted octanol–water partition coefficient (Wildman–Crippen LogP) is 1.38. The largest absolute Gasteiger partial charge is 0.469 e. The van der Waals surface area contributed by atoms with Gasteiger partial charge in [0.2, 0.25) is 0 Å². The van der Waals surface area contributed by atoms with Gasteiger partial charge in [0, 0.05) is 46.2 Å². The van der Waals surface area contributed by atoms with Crippen LogP contribution in [0.1, 0.15) is 12.2 Å². The van der Waals surface area contributed by atoms with Gasteiger partial charge in [-0.25, -0.2) is 0 Å². The number of rotatable bonds is 8. The summed E-state index contributed by atoms with van der Waals surface area (Å²) in [7, 11) is 3.77. The van der Waals surface area contributed by atoms with E-state index < -0.39 is 0 Å². The minimum absolute atomic E-state index is 0.587. The van der Waals surface area contributed by atoms with Gasteiger partial charge >= 0.3 is 0 Å². The van der Waals surface area contributed by atoms with Gasteiger partial charge in [-0.05, 0) is 18.6 Å². The van der Waals surface area contributed by atoms with Crippen LogP contribution in [0.15, 0.2) is 27.8 Å². The number of nitrogens with zero attached hydrogens (tertiary/aromatic N) is 2. The third-order valence-electron chi connectivity index (χ3n) is 3.71. The summed E-state index contributed by atoms with van der Waals surface area (Å²) in [6, 6.07) is 3.90. The molecule has 0 bridgehead atoms. The highest BCUT2D eigenvalue weighted by atomic mass is 16.5. The molecule has 1 aromatic heterocycles. The number of aliphatic imine (C=N–C) groups is 1. The lowest BCUT2D eigenvalue weighted by Gasteiger charge is -2.24. The molecule has 0 spiro atoms. The minimum Gasteiger partial charge on any atom is -0.469 e. The van der Waals surface area contributed by atoms with Crippen LogP contribution in [-0.2, 0) is 15.9 Å². The first-order valence-corrected chi connectivity index (χ1v) is 7.88. The summed E-state index contributed by atoms with van der Waals surface area (Å²) in [5.41, 5.74) is 0. The van der Waals surface area contributed by atoms with Crippen molar-refractivity contribution in [2.45, 2.75) is 12.8 Å². The highest BCUT2D eigenvalue weighted by Gasteiger charge is 2.19. The van der Waals surface area contributed by atoms with Crippen LogP contribution in [0.2, 0.25) is 0 Å². The van der Waals surface area contributed by atoms with E-state index in [-0.39, 0.29) is 0 Å². The van der Waals surface area contributed by atoms with E-state index in [0.29, 0.717) is 19.1 Å². The van der Waals surface area contributed by atoms with Gasteiger partial charge in [0.1, 0.15) is 5.76 Å². The molecule has 124 valence electrons. The monoisotopic (exact) mass is 309 g/mol. The summed E-state index contributed by atoms with van der Waals surface area (Å²) in [5, 5.41) is 3.41. The number of hydrogen-bond acceptors (Lipinski definition) is 4. The number of ether oxygens (including phenoxy) is 2. The molecule has 0 saturated carbocycles. The zero-order chi connectivity index (χ0) is 15.6. The highest BCUT2D eigenvalue weighted by Crippen LogP contribution is 2.13. The Morgan fingerprint density at radius 1 is 1.55 bits per heavy atom. The molecule has 1 aromatic rings. The van der Waals surface area contributed by atoms with E-state index in [0.717, 1.165) is 50.9 Å². The Hall–Kier alpha value is -1.53. The van der Waals surface area contributed by atoms with Crippen LogP contribution < -0.4 is 5.32 Å². The van der Waals surface area contributed by atoms with E-state index >= 15 is 0 Å². The molecule has 1 aliphatic heterocycles. The van der Waals surface area contributed by atoms with E-state index in [9.17, 15) is 0 Å². The molecule has 0 aliphatic carbocycles. The van der Waals surface area contributed by atoms with Crippen LogP contribution in [0.5, 0.6) is 0 Å². The summed E-state index contributed by atoms with van der Waals surface area (Å²) in [5.74, 6) is 2.48. The van der Waals surface area contributed by atoms with Crippen LogP contribution in [0.4, 0.5) is 0 Å². The standard InChI is InChI=1S/C16H27N3O3/c1-19(12-14-6-10-21-13-14)16(18-8-11-20-2)17-7-5-15-4-3-9-22-15/h3-4,9,14H,5-8,10-13H2,1-2H3,(H,17,18). The molecule has 2 heterocycles. The molecule has 1 atom stereocenters. The zero-order valence-corrected chi connectivity index (χ0v) is 13.6. The summed E-state index contributed by atoms with van der Waals surface area (Å²) in [4.78, 5) is 6.79. The average Bonchev–Trinajstić information content (AvgIpc) is 3.19. The average molecular weight is 309 g/mol. The van der Waals surface area contributed by atoms with Gasteiger partial charge in [0.15, 0.2) is 5.96 Å². The first kappa shape index (κ1) is 16.8. The molecular formula is C16H27N3O3. The van der Waals surface area contributed by atoms with E-state index in [2.05, 4.69) is 22.3 Å². The van der Waals surface area contributed by atoms with Gasteiger partial charge in [-0.15, -0.1) is 0 Å². The molecule has 0 aromatic carbocycles. The van der Waals surface area contributed by atoms with E-state index in [1.807, 2.05) is 12.1 Å². The van der Waals surface area contributed by atoms with Gasteiger partial charge in [-0.1, -0.05) is 0 Å². The van der Waals surface area contributed by atoms with Crippen LogP contribution in [0.25, 0.3) is 0 Å². The number of hydrogen-bond donors (Lipinski definition) is 1. The lowest BCUT2D eigenvalue weighted by atomic mass is 10.1. The van der Waals surface area contributed by atoms with Gasteiger partial charge in [0.25, 0.3) is 0 Å². The van der Waals surface area contributed by atoms with E-state index in [4.69, 9.17) is 13.9 Å². The number of guanidine groups is 1. The molecule has 1 aliphatic rings. The lowest BCUT2D eigenvalue weighted by molar-refractivity contribution is 0.181. The van der Waals surface area contributed by atoms with E-state index in [1.165, 1.54) is 0 Å². The smallest absolute Gasteiger partial charge is 0.193 e. The molecule has 2 rings (SSSR count).